The fourth-order valence-electron chi connectivity index (χ4n) is 2.24. The van der Waals surface area contributed by atoms with Gasteiger partial charge in [-0.3, -0.25) is 0 Å². The third-order valence-corrected chi connectivity index (χ3v) is 6.18. The maximum absolute atomic E-state index is 12.4. The predicted octanol–water partition coefficient (Wildman–Crippen LogP) is 1.49. The van der Waals surface area contributed by atoms with Gasteiger partial charge in [-0.2, -0.15) is 0 Å². The molecule has 1 aromatic rings. The first-order chi connectivity index (χ1) is 9.43. The van der Waals surface area contributed by atoms with Crippen molar-refractivity contribution in [1.29, 1.82) is 0 Å². The Morgan fingerprint density at radius 3 is 2.95 bits per heavy atom. The number of rotatable bonds is 5. The number of aromatic carboxylic acids is 1. The average molecular weight is 319 g/mol. The van der Waals surface area contributed by atoms with Gasteiger partial charge in [0.1, 0.15) is 9.77 Å². The highest BCUT2D eigenvalue weighted by atomic mass is 32.2. The minimum Gasteiger partial charge on any atom is -0.477 e. The summed E-state index contributed by atoms with van der Waals surface area (Å²) < 4.78 is 31.4. The lowest BCUT2D eigenvalue weighted by molar-refractivity contribution is 0.0495. The van der Waals surface area contributed by atoms with Crippen LogP contribution < -0.4 is 0 Å². The maximum Gasteiger partial charge on any atom is 0.347 e. The molecule has 1 unspecified atom stereocenters. The standard InChI is InChI=1S/C12H17NO5S2/c1-13(7-9-3-2-5-18-8-9)20(16,17)10-4-6-19-11(10)12(14)15/h4,6,9H,2-3,5,7-8H2,1H3,(H,14,15). The predicted molar refractivity (Wildman–Crippen MR) is 74.6 cm³/mol. The van der Waals surface area contributed by atoms with Gasteiger partial charge < -0.3 is 9.84 Å². The fraction of sp³-hybridized carbons (Fsp3) is 0.583. The first-order valence-corrected chi connectivity index (χ1v) is 8.59. The summed E-state index contributed by atoms with van der Waals surface area (Å²) in [5.74, 6) is -1.05. The normalized spacial score (nSPS) is 20.2. The molecule has 0 saturated carbocycles. The van der Waals surface area contributed by atoms with Crippen molar-refractivity contribution < 1.29 is 23.1 Å². The van der Waals surface area contributed by atoms with Gasteiger partial charge in [-0.25, -0.2) is 17.5 Å². The zero-order valence-corrected chi connectivity index (χ0v) is 12.7. The second-order valence-electron chi connectivity index (χ2n) is 4.79. The highest BCUT2D eigenvalue weighted by molar-refractivity contribution is 7.89. The molecule has 0 bridgehead atoms. The lowest BCUT2D eigenvalue weighted by Crippen LogP contribution is -2.35. The van der Waals surface area contributed by atoms with Crippen LogP contribution in [0.25, 0.3) is 0 Å². The first kappa shape index (κ1) is 15.4. The molecule has 1 saturated heterocycles. The molecular weight excluding hydrogens is 302 g/mol. The molecule has 20 heavy (non-hydrogen) atoms. The van der Waals surface area contributed by atoms with Crippen LogP contribution >= 0.6 is 11.3 Å². The highest BCUT2D eigenvalue weighted by Crippen LogP contribution is 2.26. The smallest absolute Gasteiger partial charge is 0.347 e. The van der Waals surface area contributed by atoms with E-state index in [-0.39, 0.29) is 15.7 Å². The van der Waals surface area contributed by atoms with E-state index in [1.807, 2.05) is 0 Å². The Balaban J connectivity index is 2.16. The van der Waals surface area contributed by atoms with E-state index in [0.29, 0.717) is 13.2 Å². The molecule has 2 rings (SSSR count). The van der Waals surface area contributed by atoms with Crippen molar-refractivity contribution in [1.82, 2.24) is 4.31 Å². The van der Waals surface area contributed by atoms with Crippen molar-refractivity contribution in [3.05, 3.63) is 16.3 Å². The average Bonchev–Trinajstić information content (AvgIpc) is 2.89. The molecule has 1 atom stereocenters. The molecule has 8 heteroatoms. The largest absolute Gasteiger partial charge is 0.477 e. The van der Waals surface area contributed by atoms with Crippen LogP contribution in [0.15, 0.2) is 16.3 Å². The lowest BCUT2D eigenvalue weighted by atomic mass is 10.0. The van der Waals surface area contributed by atoms with E-state index in [9.17, 15) is 13.2 Å². The third kappa shape index (κ3) is 3.20. The Bertz CT molecular complexity index is 574. The highest BCUT2D eigenvalue weighted by Gasteiger charge is 2.29. The molecule has 1 aromatic heterocycles. The molecule has 0 amide bonds. The van der Waals surface area contributed by atoms with E-state index in [4.69, 9.17) is 9.84 Å². The summed E-state index contributed by atoms with van der Waals surface area (Å²) in [6.07, 6.45) is 1.85. The van der Waals surface area contributed by atoms with Gasteiger partial charge in [0.2, 0.25) is 10.0 Å². The van der Waals surface area contributed by atoms with Crippen LogP contribution in [-0.2, 0) is 14.8 Å². The number of carbonyl (C=O) groups is 1. The summed E-state index contributed by atoms with van der Waals surface area (Å²) >= 11 is 0.918. The zero-order chi connectivity index (χ0) is 14.8. The second-order valence-corrected chi connectivity index (χ2v) is 7.72. The van der Waals surface area contributed by atoms with Gasteiger partial charge in [0, 0.05) is 20.2 Å². The van der Waals surface area contributed by atoms with Crippen LogP contribution in [0.4, 0.5) is 0 Å². The zero-order valence-electron chi connectivity index (χ0n) is 11.1. The van der Waals surface area contributed by atoms with E-state index >= 15 is 0 Å². The molecule has 1 N–H and O–H groups in total. The van der Waals surface area contributed by atoms with Crippen LogP contribution in [0.3, 0.4) is 0 Å². The van der Waals surface area contributed by atoms with Crippen molar-refractivity contribution >= 4 is 27.3 Å². The summed E-state index contributed by atoms with van der Waals surface area (Å²) in [7, 11) is -2.28. The van der Waals surface area contributed by atoms with Gasteiger partial charge in [0.05, 0.1) is 6.61 Å². The first-order valence-electron chi connectivity index (χ1n) is 6.28. The Morgan fingerprint density at radius 2 is 2.35 bits per heavy atom. The van der Waals surface area contributed by atoms with Crippen molar-refractivity contribution in [3.8, 4) is 0 Å². The van der Waals surface area contributed by atoms with Crippen LogP contribution in [-0.4, -0.2) is 50.6 Å². The summed E-state index contributed by atoms with van der Waals surface area (Å²) in [5, 5.41) is 10.5. The molecule has 1 aliphatic heterocycles. The summed E-state index contributed by atoms with van der Waals surface area (Å²) in [5.41, 5.74) is 0. The quantitative estimate of drug-likeness (QED) is 0.889. The number of nitrogens with zero attached hydrogens (tertiary/aromatic N) is 1. The molecule has 112 valence electrons. The lowest BCUT2D eigenvalue weighted by Gasteiger charge is -2.26. The maximum atomic E-state index is 12.4. The van der Waals surface area contributed by atoms with Crippen LogP contribution in [0.2, 0.25) is 0 Å². The Labute approximate surface area is 122 Å². The third-order valence-electron chi connectivity index (χ3n) is 3.28. The Kier molecular flexibility index (Phi) is 4.79. The minimum atomic E-state index is -3.76. The monoisotopic (exact) mass is 319 g/mol. The summed E-state index contributed by atoms with van der Waals surface area (Å²) in [6.45, 7) is 1.62. The molecule has 0 aliphatic carbocycles. The van der Waals surface area contributed by atoms with Crippen molar-refractivity contribution in [2.24, 2.45) is 5.92 Å². The molecule has 6 nitrogen and oxygen atoms in total. The van der Waals surface area contributed by atoms with Gasteiger partial charge in [0.15, 0.2) is 0 Å². The molecule has 2 heterocycles. The molecule has 0 aromatic carbocycles. The van der Waals surface area contributed by atoms with Crippen molar-refractivity contribution in [2.75, 3.05) is 26.8 Å². The van der Waals surface area contributed by atoms with E-state index < -0.39 is 16.0 Å². The number of sulfonamides is 1. The molecule has 0 spiro atoms. The summed E-state index contributed by atoms with van der Waals surface area (Å²) in [4.78, 5) is 10.8. The van der Waals surface area contributed by atoms with Crippen molar-refractivity contribution in [3.63, 3.8) is 0 Å². The van der Waals surface area contributed by atoms with E-state index in [2.05, 4.69) is 0 Å². The summed E-state index contributed by atoms with van der Waals surface area (Å²) in [6, 6.07) is 1.34. The number of hydrogen-bond acceptors (Lipinski definition) is 5. The van der Waals surface area contributed by atoms with Crippen LogP contribution in [0.5, 0.6) is 0 Å². The fourth-order valence-corrected chi connectivity index (χ4v) is 4.71. The van der Waals surface area contributed by atoms with E-state index in [1.54, 1.807) is 0 Å². The van der Waals surface area contributed by atoms with Gasteiger partial charge in [-0.15, -0.1) is 11.3 Å². The number of carboxylic acids is 1. The van der Waals surface area contributed by atoms with Gasteiger partial charge in [0.25, 0.3) is 0 Å². The molecule has 1 aliphatic rings. The van der Waals surface area contributed by atoms with E-state index in [1.165, 1.54) is 22.8 Å². The molecular formula is C12H17NO5S2. The van der Waals surface area contributed by atoms with Gasteiger partial charge >= 0.3 is 5.97 Å². The van der Waals surface area contributed by atoms with Crippen LogP contribution in [0.1, 0.15) is 22.5 Å². The van der Waals surface area contributed by atoms with Gasteiger partial charge in [-0.05, 0) is 30.2 Å². The number of ether oxygens (including phenoxy) is 1. The van der Waals surface area contributed by atoms with E-state index in [0.717, 1.165) is 30.8 Å². The topological polar surface area (TPSA) is 83.9 Å². The number of hydrogen-bond donors (Lipinski definition) is 1. The van der Waals surface area contributed by atoms with Crippen LogP contribution in [0, 0.1) is 5.92 Å². The Morgan fingerprint density at radius 1 is 1.60 bits per heavy atom. The second kappa shape index (κ2) is 6.21. The number of carboxylic acid groups (broad SMARTS) is 1. The van der Waals surface area contributed by atoms with Gasteiger partial charge in [-0.1, -0.05) is 0 Å². The molecule has 1 fully saturated rings. The molecule has 0 radical (unpaired) electrons. The number of thiophene rings is 1. The Hall–Kier alpha value is -0.960. The van der Waals surface area contributed by atoms with Crippen molar-refractivity contribution in [2.45, 2.75) is 17.7 Å². The SMILES string of the molecule is CN(CC1CCCOC1)S(=O)(=O)c1ccsc1C(=O)O. The minimum absolute atomic E-state index is 0.130.